The van der Waals surface area contributed by atoms with Crippen LogP contribution in [0.2, 0.25) is 0 Å². The maximum atomic E-state index is 12.0. The maximum absolute atomic E-state index is 12.0. The average molecular weight is 264 g/mol. The van der Waals surface area contributed by atoms with Gasteiger partial charge in [-0.15, -0.1) is 0 Å². The van der Waals surface area contributed by atoms with Crippen LogP contribution in [0.15, 0.2) is 24.3 Å². The highest BCUT2D eigenvalue weighted by Crippen LogP contribution is 2.14. The molecule has 1 aromatic carbocycles. The van der Waals surface area contributed by atoms with Gasteiger partial charge in [0.2, 0.25) is 0 Å². The van der Waals surface area contributed by atoms with Gasteiger partial charge in [-0.3, -0.25) is 19.8 Å². The predicted molar refractivity (Wildman–Crippen MR) is 74.4 cm³/mol. The van der Waals surface area contributed by atoms with Crippen molar-refractivity contribution < 1.29 is 9.72 Å². The van der Waals surface area contributed by atoms with Crippen LogP contribution in [0.25, 0.3) is 0 Å². The van der Waals surface area contributed by atoms with Gasteiger partial charge < -0.3 is 0 Å². The number of benzene rings is 1. The second-order valence-electron chi connectivity index (χ2n) is 4.94. The molecule has 19 heavy (non-hydrogen) atoms. The van der Waals surface area contributed by atoms with Crippen molar-refractivity contribution in [3.63, 3.8) is 0 Å². The molecule has 0 aromatic heterocycles. The first-order chi connectivity index (χ1) is 8.93. The summed E-state index contributed by atoms with van der Waals surface area (Å²) >= 11 is 0. The Balaban J connectivity index is 2.67. The number of nitrogens with zero attached hydrogens (tertiary/aromatic N) is 2. The largest absolute Gasteiger partial charge is 0.299 e. The van der Waals surface area contributed by atoms with Crippen molar-refractivity contribution in [3.05, 3.63) is 39.9 Å². The minimum Gasteiger partial charge on any atom is -0.299 e. The first kappa shape index (κ1) is 15.3. The van der Waals surface area contributed by atoms with Gasteiger partial charge in [-0.1, -0.05) is 32.4 Å². The second-order valence-corrected chi connectivity index (χ2v) is 4.94. The van der Waals surface area contributed by atoms with Crippen molar-refractivity contribution in [3.8, 4) is 0 Å². The van der Waals surface area contributed by atoms with E-state index < -0.39 is 4.92 Å². The lowest BCUT2D eigenvalue weighted by atomic mass is 10.1. The Morgan fingerprint density at radius 1 is 1.47 bits per heavy atom. The van der Waals surface area contributed by atoms with E-state index in [0.29, 0.717) is 11.5 Å². The predicted octanol–water partition coefficient (Wildman–Crippen LogP) is 2.76. The molecule has 0 saturated heterocycles. The fourth-order valence-corrected chi connectivity index (χ4v) is 1.86. The molecule has 0 bridgehead atoms. The zero-order chi connectivity index (χ0) is 14.4. The first-order valence-electron chi connectivity index (χ1n) is 6.40. The van der Waals surface area contributed by atoms with Gasteiger partial charge in [0, 0.05) is 24.2 Å². The molecular weight excluding hydrogens is 244 g/mol. The molecule has 1 unspecified atom stereocenters. The number of ketones is 1. The van der Waals surface area contributed by atoms with Crippen LogP contribution in [0.5, 0.6) is 0 Å². The van der Waals surface area contributed by atoms with Crippen LogP contribution in [0.3, 0.4) is 0 Å². The number of carbonyl (C=O) groups excluding carboxylic acids is 1. The van der Waals surface area contributed by atoms with E-state index in [-0.39, 0.29) is 18.0 Å². The van der Waals surface area contributed by atoms with E-state index in [2.05, 4.69) is 13.8 Å². The van der Waals surface area contributed by atoms with Crippen molar-refractivity contribution in [2.75, 3.05) is 20.1 Å². The lowest BCUT2D eigenvalue weighted by Gasteiger charge is -2.19. The van der Waals surface area contributed by atoms with Gasteiger partial charge in [-0.05, 0) is 13.0 Å². The van der Waals surface area contributed by atoms with Crippen LogP contribution in [-0.4, -0.2) is 35.7 Å². The van der Waals surface area contributed by atoms with Crippen molar-refractivity contribution in [2.24, 2.45) is 5.92 Å². The van der Waals surface area contributed by atoms with Crippen molar-refractivity contribution >= 4 is 11.5 Å². The zero-order valence-corrected chi connectivity index (χ0v) is 11.6. The number of carbonyl (C=O) groups is 1. The number of nitro groups is 1. The second kappa shape index (κ2) is 6.99. The molecule has 0 saturated carbocycles. The molecule has 5 nitrogen and oxygen atoms in total. The Hall–Kier alpha value is -1.75. The van der Waals surface area contributed by atoms with Gasteiger partial charge in [-0.25, -0.2) is 0 Å². The molecule has 0 heterocycles. The number of nitro benzene ring substituents is 1. The highest BCUT2D eigenvalue weighted by atomic mass is 16.6. The molecular formula is C14H20N2O3. The third kappa shape index (κ3) is 4.79. The van der Waals surface area contributed by atoms with E-state index in [4.69, 9.17) is 0 Å². The number of hydrogen-bond acceptors (Lipinski definition) is 4. The zero-order valence-electron chi connectivity index (χ0n) is 11.6. The standard InChI is InChI=1S/C14H20N2O3/c1-4-11(2)9-15(3)10-14(17)12-6-5-7-13(8-12)16(18)19/h5-8,11H,4,9-10H2,1-3H3. The Labute approximate surface area is 113 Å². The van der Waals surface area contributed by atoms with Gasteiger partial charge in [0.25, 0.3) is 5.69 Å². The molecule has 104 valence electrons. The van der Waals surface area contributed by atoms with Gasteiger partial charge >= 0.3 is 0 Å². The topological polar surface area (TPSA) is 63.5 Å². The normalized spacial score (nSPS) is 12.4. The third-order valence-electron chi connectivity index (χ3n) is 3.11. The van der Waals surface area contributed by atoms with Crippen LogP contribution < -0.4 is 0 Å². The number of hydrogen-bond donors (Lipinski definition) is 0. The van der Waals surface area contributed by atoms with Crippen molar-refractivity contribution in [2.45, 2.75) is 20.3 Å². The highest BCUT2D eigenvalue weighted by Gasteiger charge is 2.14. The van der Waals surface area contributed by atoms with Crippen LogP contribution in [-0.2, 0) is 0 Å². The minimum absolute atomic E-state index is 0.0459. The van der Waals surface area contributed by atoms with Crippen molar-refractivity contribution in [1.29, 1.82) is 0 Å². The van der Waals surface area contributed by atoms with Gasteiger partial charge in [0.15, 0.2) is 5.78 Å². The molecule has 1 aromatic rings. The number of Topliss-reactive ketones (excluding diaryl/α,β-unsaturated/α-hetero) is 1. The van der Waals surface area contributed by atoms with E-state index in [1.165, 1.54) is 12.1 Å². The fourth-order valence-electron chi connectivity index (χ4n) is 1.86. The Morgan fingerprint density at radius 2 is 2.16 bits per heavy atom. The summed E-state index contributed by atoms with van der Waals surface area (Å²) in [7, 11) is 1.89. The summed E-state index contributed by atoms with van der Waals surface area (Å²) in [6.45, 7) is 5.37. The molecule has 0 aliphatic heterocycles. The maximum Gasteiger partial charge on any atom is 0.270 e. The molecule has 1 rings (SSSR count). The van der Waals surface area contributed by atoms with Gasteiger partial charge in [0.1, 0.15) is 0 Å². The molecule has 0 aliphatic rings. The number of rotatable bonds is 7. The average Bonchev–Trinajstić information content (AvgIpc) is 2.38. The fraction of sp³-hybridized carbons (Fsp3) is 0.500. The summed E-state index contributed by atoms with van der Waals surface area (Å²) in [4.78, 5) is 24.2. The third-order valence-corrected chi connectivity index (χ3v) is 3.11. The SMILES string of the molecule is CCC(C)CN(C)CC(=O)c1cccc([N+](=O)[O-])c1. The smallest absolute Gasteiger partial charge is 0.270 e. The molecule has 5 heteroatoms. The summed E-state index contributed by atoms with van der Waals surface area (Å²) in [5.74, 6) is 0.442. The van der Waals surface area contributed by atoms with E-state index in [1.807, 2.05) is 11.9 Å². The lowest BCUT2D eigenvalue weighted by Crippen LogP contribution is -2.30. The van der Waals surface area contributed by atoms with Crippen LogP contribution in [0.4, 0.5) is 5.69 Å². The summed E-state index contributed by atoms with van der Waals surface area (Å²) in [6.07, 6.45) is 1.06. The Morgan fingerprint density at radius 3 is 2.74 bits per heavy atom. The lowest BCUT2D eigenvalue weighted by molar-refractivity contribution is -0.384. The minimum atomic E-state index is -0.486. The molecule has 0 N–H and O–H groups in total. The quantitative estimate of drug-likeness (QED) is 0.431. The molecule has 0 aliphatic carbocycles. The van der Waals surface area contributed by atoms with Crippen LogP contribution in [0, 0.1) is 16.0 Å². The highest BCUT2D eigenvalue weighted by molar-refractivity contribution is 5.98. The van der Waals surface area contributed by atoms with Gasteiger partial charge in [-0.2, -0.15) is 0 Å². The monoisotopic (exact) mass is 264 g/mol. The summed E-state index contributed by atoms with van der Waals surface area (Å²) in [6, 6.07) is 5.88. The summed E-state index contributed by atoms with van der Waals surface area (Å²) in [5.41, 5.74) is 0.348. The molecule has 0 amide bonds. The van der Waals surface area contributed by atoms with Crippen molar-refractivity contribution in [1.82, 2.24) is 4.90 Å². The number of likely N-dealkylation sites (N-methyl/N-ethyl adjacent to an activating group) is 1. The van der Waals surface area contributed by atoms with Crippen LogP contribution in [0.1, 0.15) is 30.6 Å². The van der Waals surface area contributed by atoms with Crippen LogP contribution >= 0.6 is 0 Å². The van der Waals surface area contributed by atoms with Gasteiger partial charge in [0.05, 0.1) is 11.5 Å². The summed E-state index contributed by atoms with van der Waals surface area (Å²) in [5, 5.41) is 10.7. The Kier molecular flexibility index (Phi) is 5.63. The molecule has 1 atom stereocenters. The number of non-ortho nitro benzene ring substituents is 1. The van der Waals surface area contributed by atoms with E-state index in [9.17, 15) is 14.9 Å². The van der Waals surface area contributed by atoms with E-state index in [0.717, 1.165) is 13.0 Å². The molecule has 0 fully saturated rings. The van der Waals surface area contributed by atoms with E-state index in [1.54, 1.807) is 12.1 Å². The Bertz CT molecular complexity index is 460. The molecule has 0 radical (unpaired) electrons. The van der Waals surface area contributed by atoms with E-state index >= 15 is 0 Å². The summed E-state index contributed by atoms with van der Waals surface area (Å²) < 4.78 is 0. The first-order valence-corrected chi connectivity index (χ1v) is 6.40. The molecule has 0 spiro atoms.